The van der Waals surface area contributed by atoms with Crippen molar-refractivity contribution in [3.05, 3.63) is 90.3 Å². The van der Waals surface area contributed by atoms with Crippen LogP contribution in [0, 0.1) is 0 Å². The molecule has 230 valence electrons. The summed E-state index contributed by atoms with van der Waals surface area (Å²) in [6, 6.07) is 21.0. The molecule has 1 atom stereocenters. The summed E-state index contributed by atoms with van der Waals surface area (Å²) in [5.74, 6) is 0.425. The van der Waals surface area contributed by atoms with E-state index in [1.54, 1.807) is 4.90 Å². The zero-order valence-electron chi connectivity index (χ0n) is 23.9. The number of anilines is 1. The Morgan fingerprint density at radius 3 is 2.55 bits per heavy atom. The molecular formula is C31H31F3N6O3S. The lowest BCUT2D eigenvalue weighted by molar-refractivity contribution is -0.274. The van der Waals surface area contributed by atoms with Crippen LogP contribution in [0.2, 0.25) is 0 Å². The van der Waals surface area contributed by atoms with Crippen LogP contribution < -0.4 is 15.0 Å². The van der Waals surface area contributed by atoms with Crippen LogP contribution >= 0.6 is 11.8 Å². The number of nitrogens with one attached hydrogen (secondary N) is 1. The van der Waals surface area contributed by atoms with E-state index in [9.17, 15) is 23.1 Å². The Kier molecular flexibility index (Phi) is 9.98. The van der Waals surface area contributed by atoms with Gasteiger partial charge < -0.3 is 9.84 Å². The minimum absolute atomic E-state index is 0.0508. The molecule has 1 saturated heterocycles. The van der Waals surface area contributed by atoms with Crippen molar-refractivity contribution >= 4 is 28.5 Å². The first-order chi connectivity index (χ1) is 21.2. The number of thioether (sulfide) groups is 1. The Labute approximate surface area is 256 Å². The van der Waals surface area contributed by atoms with Gasteiger partial charge in [-0.2, -0.15) is 0 Å². The number of hydrogen-bond acceptors (Lipinski definition) is 8. The predicted molar refractivity (Wildman–Crippen MR) is 164 cm³/mol. The lowest BCUT2D eigenvalue weighted by Gasteiger charge is -2.20. The monoisotopic (exact) mass is 624 g/mol. The second-order valence-electron chi connectivity index (χ2n) is 9.95. The first-order valence-electron chi connectivity index (χ1n) is 14.1. The van der Waals surface area contributed by atoms with Crippen molar-refractivity contribution < 1.29 is 27.8 Å². The van der Waals surface area contributed by atoms with Crippen LogP contribution in [0.5, 0.6) is 5.75 Å². The van der Waals surface area contributed by atoms with Gasteiger partial charge in [0.05, 0.1) is 17.1 Å². The number of carbonyl (C=O) groups is 1. The van der Waals surface area contributed by atoms with Crippen LogP contribution in [0.15, 0.2) is 84.1 Å². The van der Waals surface area contributed by atoms with Gasteiger partial charge in [-0.15, -0.1) is 18.3 Å². The number of hydrogen-bond donors (Lipinski definition) is 2. The molecule has 1 aliphatic rings. The van der Waals surface area contributed by atoms with E-state index < -0.39 is 12.7 Å². The number of aliphatic hydroxyl groups excluding tert-OH is 1. The summed E-state index contributed by atoms with van der Waals surface area (Å²) in [4.78, 5) is 22.8. The third kappa shape index (κ3) is 8.04. The Hall–Kier alpha value is -4.20. The molecule has 0 spiro atoms. The molecule has 1 unspecified atom stereocenters. The molecular weight excluding hydrogens is 593 g/mol. The van der Waals surface area contributed by atoms with Crippen LogP contribution in [0.25, 0.3) is 17.1 Å². The number of aromatic nitrogens is 3. The molecule has 0 aliphatic carbocycles. The quantitative estimate of drug-likeness (QED) is 0.154. The number of benzene rings is 3. The van der Waals surface area contributed by atoms with Crippen LogP contribution in [0.4, 0.5) is 18.9 Å². The molecule has 0 radical (unpaired) electrons. The number of rotatable bonds is 12. The lowest BCUT2D eigenvalue weighted by atomic mass is 10.1. The summed E-state index contributed by atoms with van der Waals surface area (Å²) in [6.07, 6.45) is -1.03. The minimum atomic E-state index is -4.74. The second-order valence-corrected chi connectivity index (χ2v) is 10.9. The van der Waals surface area contributed by atoms with Gasteiger partial charge in [0.2, 0.25) is 12.3 Å². The molecule has 2 heterocycles. The predicted octanol–water partition coefficient (Wildman–Crippen LogP) is 5.72. The summed E-state index contributed by atoms with van der Waals surface area (Å²) in [5, 5.41) is 18.4. The number of aliphatic hydroxyl groups is 1. The van der Waals surface area contributed by atoms with Gasteiger partial charge in [0, 0.05) is 5.56 Å². The van der Waals surface area contributed by atoms with Crippen LogP contribution in [0.1, 0.15) is 30.9 Å². The van der Waals surface area contributed by atoms with Crippen molar-refractivity contribution in [2.75, 3.05) is 17.2 Å². The first kappa shape index (κ1) is 31.2. The van der Waals surface area contributed by atoms with Crippen LogP contribution in [0.3, 0.4) is 0 Å². The Bertz CT molecular complexity index is 1590. The van der Waals surface area contributed by atoms with Crippen molar-refractivity contribution in [1.29, 1.82) is 0 Å². The molecule has 1 aromatic heterocycles. The summed E-state index contributed by atoms with van der Waals surface area (Å²) >= 11 is 1.32. The topological polar surface area (TPSA) is 105 Å². The van der Waals surface area contributed by atoms with Gasteiger partial charge in [-0.25, -0.2) is 14.7 Å². The highest BCUT2D eigenvalue weighted by Gasteiger charge is 2.32. The van der Waals surface area contributed by atoms with E-state index in [1.165, 1.54) is 47.0 Å². The largest absolute Gasteiger partial charge is 0.573 e. The number of aryl methyl sites for hydroxylation is 2. The van der Waals surface area contributed by atoms with Crippen LogP contribution in [-0.2, 0) is 17.6 Å². The summed E-state index contributed by atoms with van der Waals surface area (Å²) < 4.78 is 42.5. The number of unbranched alkanes of at least 4 members (excludes halogenated alkanes) is 1. The zero-order chi connectivity index (χ0) is 31.1. The van der Waals surface area contributed by atoms with E-state index in [1.807, 2.05) is 55.5 Å². The van der Waals surface area contributed by atoms with E-state index in [-0.39, 0.29) is 17.4 Å². The number of nitrogens with zero attached hydrogens (tertiary/aromatic N) is 5. The van der Waals surface area contributed by atoms with E-state index in [0.717, 1.165) is 48.1 Å². The van der Waals surface area contributed by atoms with Crippen molar-refractivity contribution in [2.24, 2.45) is 4.99 Å². The number of amides is 1. The fraction of sp³-hybridized carbons (Fsp3) is 0.290. The third-order valence-electron chi connectivity index (χ3n) is 6.87. The number of alkyl halides is 3. The molecule has 1 aliphatic heterocycles. The SMILES string of the molecule is CCc1ccccc1N1C(=O)CSC1=NC(O)NCCCCc1ccc(-c2ncn(-c3ccc(OC(F)(F)F)cc3)n2)cc1. The number of carbonyl (C=O) groups excluding carboxylic acids is 1. The molecule has 4 aromatic rings. The van der Waals surface area contributed by atoms with E-state index in [0.29, 0.717) is 23.2 Å². The average molecular weight is 625 g/mol. The molecule has 9 nitrogen and oxygen atoms in total. The molecule has 1 amide bonds. The maximum Gasteiger partial charge on any atom is 0.573 e. The second kappa shape index (κ2) is 14.1. The molecule has 5 rings (SSSR count). The minimum Gasteiger partial charge on any atom is -0.406 e. The highest BCUT2D eigenvalue weighted by molar-refractivity contribution is 8.15. The lowest BCUT2D eigenvalue weighted by Crippen LogP contribution is -2.34. The standard InChI is InChI=1S/C31H31F3N6O3S/c1-2-22-8-3-4-9-26(22)40-27(41)19-44-30(40)37-29(42)35-18-6-5-7-21-10-12-23(13-11-21)28-36-20-39(38-28)24-14-16-25(17-15-24)43-31(32,33)34/h3-4,8-17,20,29,35,42H,2,5-7,18-19H2,1H3. The molecule has 1 fully saturated rings. The fourth-order valence-corrected chi connectivity index (χ4v) is 5.58. The summed E-state index contributed by atoms with van der Waals surface area (Å²) in [7, 11) is 0. The summed E-state index contributed by atoms with van der Waals surface area (Å²) in [5.41, 5.74) is 4.35. The highest BCUT2D eigenvalue weighted by Crippen LogP contribution is 2.30. The number of aliphatic imine (C=N–C) groups is 1. The zero-order valence-corrected chi connectivity index (χ0v) is 24.7. The van der Waals surface area contributed by atoms with Gasteiger partial charge in [-0.05, 0) is 73.7 Å². The maximum absolute atomic E-state index is 12.6. The van der Waals surface area contributed by atoms with E-state index in [2.05, 4.69) is 25.1 Å². The smallest absolute Gasteiger partial charge is 0.406 e. The number of ether oxygens (including phenoxy) is 1. The Morgan fingerprint density at radius 1 is 1.07 bits per heavy atom. The summed E-state index contributed by atoms with van der Waals surface area (Å²) in [6.45, 7) is 2.60. The van der Waals surface area contributed by atoms with Gasteiger partial charge in [-0.1, -0.05) is 61.2 Å². The van der Waals surface area contributed by atoms with Gasteiger partial charge in [0.15, 0.2) is 11.0 Å². The molecule has 0 bridgehead atoms. The Morgan fingerprint density at radius 2 is 1.82 bits per heavy atom. The third-order valence-corrected chi connectivity index (χ3v) is 7.81. The van der Waals surface area contributed by atoms with Gasteiger partial charge in [0.25, 0.3) is 0 Å². The molecule has 0 saturated carbocycles. The van der Waals surface area contributed by atoms with Gasteiger partial charge in [-0.3, -0.25) is 15.0 Å². The molecule has 44 heavy (non-hydrogen) atoms. The van der Waals surface area contributed by atoms with Gasteiger partial charge in [0.1, 0.15) is 12.1 Å². The van der Waals surface area contributed by atoms with Crippen molar-refractivity contribution in [3.63, 3.8) is 0 Å². The Balaban J connectivity index is 1.08. The number of halogens is 3. The van der Waals surface area contributed by atoms with E-state index in [4.69, 9.17) is 0 Å². The highest BCUT2D eigenvalue weighted by atomic mass is 32.2. The number of amidine groups is 1. The van der Waals surface area contributed by atoms with E-state index >= 15 is 0 Å². The molecule has 2 N–H and O–H groups in total. The van der Waals surface area contributed by atoms with Crippen molar-refractivity contribution in [2.45, 2.75) is 45.3 Å². The maximum atomic E-state index is 12.6. The first-order valence-corrected chi connectivity index (χ1v) is 15.1. The van der Waals surface area contributed by atoms with Crippen LogP contribution in [-0.4, -0.2) is 56.0 Å². The molecule has 3 aromatic carbocycles. The average Bonchev–Trinajstić information content (AvgIpc) is 3.64. The normalized spacial score (nSPS) is 15.2. The van der Waals surface area contributed by atoms with Crippen molar-refractivity contribution in [3.8, 4) is 22.8 Å². The molecule has 13 heteroatoms. The fourth-order valence-electron chi connectivity index (χ4n) is 4.70. The van der Waals surface area contributed by atoms with Gasteiger partial charge >= 0.3 is 6.36 Å². The van der Waals surface area contributed by atoms with Crippen molar-refractivity contribution in [1.82, 2.24) is 20.1 Å². The number of para-hydroxylation sites is 1.